The maximum Gasteiger partial charge on any atom is 0.184 e. The van der Waals surface area contributed by atoms with Crippen molar-refractivity contribution in [3.05, 3.63) is 108 Å². The van der Waals surface area contributed by atoms with Gasteiger partial charge in [0.05, 0.1) is 26.4 Å². The average Bonchev–Trinajstić information content (AvgIpc) is 2.86. The minimum absolute atomic E-state index is 0.184. The third-order valence-corrected chi connectivity index (χ3v) is 5.60. The largest absolute Gasteiger partial charge is 0.385 e. The van der Waals surface area contributed by atoms with Gasteiger partial charge in [0, 0.05) is 0 Å². The summed E-state index contributed by atoms with van der Waals surface area (Å²) in [5.74, 6) is 0. The Labute approximate surface area is 194 Å². The number of rotatable bonds is 10. The van der Waals surface area contributed by atoms with Gasteiger partial charge in [-0.1, -0.05) is 91.0 Å². The summed E-state index contributed by atoms with van der Waals surface area (Å²) in [6.07, 6.45) is -4.68. The van der Waals surface area contributed by atoms with Gasteiger partial charge < -0.3 is 29.2 Å². The van der Waals surface area contributed by atoms with Crippen LogP contribution in [0.25, 0.3) is 0 Å². The van der Waals surface area contributed by atoms with Crippen LogP contribution in [0.1, 0.15) is 16.7 Å². The molecule has 0 aromatic heterocycles. The SMILES string of the molecule is OC1O[C@H](COCc2ccccc2)[C@H](OCc2ccccc2)[C@H](OCc2ccccc2)[C@H]1O. The van der Waals surface area contributed by atoms with Crippen LogP contribution in [0.5, 0.6) is 0 Å². The van der Waals surface area contributed by atoms with Gasteiger partial charge in [-0.05, 0) is 16.7 Å². The molecule has 3 aromatic carbocycles. The maximum atomic E-state index is 10.7. The van der Waals surface area contributed by atoms with Crippen LogP contribution in [0.2, 0.25) is 0 Å². The van der Waals surface area contributed by atoms with Gasteiger partial charge in [0.25, 0.3) is 0 Å². The van der Waals surface area contributed by atoms with Crippen LogP contribution in [0, 0.1) is 0 Å². The molecule has 33 heavy (non-hydrogen) atoms. The van der Waals surface area contributed by atoms with Gasteiger partial charge in [-0.25, -0.2) is 0 Å². The number of ether oxygens (including phenoxy) is 4. The first-order valence-electron chi connectivity index (χ1n) is 11.1. The standard InChI is InChI=1S/C27H30O6/c28-24-26(32-18-22-14-8-3-9-15-22)25(31-17-21-12-6-2-7-13-21)23(33-27(24)29)19-30-16-20-10-4-1-5-11-20/h1-15,23-29H,16-19H2/t23-,24-,25+,26-,27?/m1/s1. The number of hydrogen-bond donors (Lipinski definition) is 2. The van der Waals surface area contributed by atoms with E-state index in [0.29, 0.717) is 13.2 Å². The van der Waals surface area contributed by atoms with Crippen molar-refractivity contribution in [1.82, 2.24) is 0 Å². The second kappa shape index (κ2) is 12.0. The molecule has 1 aliphatic rings. The summed E-state index contributed by atoms with van der Waals surface area (Å²) in [6.45, 7) is 1.18. The highest BCUT2D eigenvalue weighted by Crippen LogP contribution is 2.27. The second-order valence-corrected chi connectivity index (χ2v) is 8.08. The Balaban J connectivity index is 1.46. The number of aliphatic hydroxyl groups excluding tert-OH is 2. The van der Waals surface area contributed by atoms with E-state index in [4.69, 9.17) is 18.9 Å². The van der Waals surface area contributed by atoms with Gasteiger partial charge in [0.2, 0.25) is 0 Å². The number of aliphatic hydroxyl groups is 2. The molecule has 3 aromatic rings. The molecule has 1 unspecified atom stereocenters. The van der Waals surface area contributed by atoms with Crippen molar-refractivity contribution >= 4 is 0 Å². The zero-order valence-electron chi connectivity index (χ0n) is 18.4. The Morgan fingerprint density at radius 3 is 1.58 bits per heavy atom. The molecular formula is C27H30O6. The minimum atomic E-state index is -1.40. The quantitative estimate of drug-likeness (QED) is 0.493. The van der Waals surface area contributed by atoms with E-state index in [1.165, 1.54) is 0 Å². The summed E-state index contributed by atoms with van der Waals surface area (Å²) in [6, 6.07) is 29.3. The number of hydrogen-bond acceptors (Lipinski definition) is 6. The normalized spacial score (nSPS) is 25.1. The lowest BCUT2D eigenvalue weighted by Gasteiger charge is -2.42. The molecule has 1 aliphatic heterocycles. The van der Waals surface area contributed by atoms with E-state index in [0.717, 1.165) is 16.7 Å². The molecule has 0 amide bonds. The van der Waals surface area contributed by atoms with E-state index in [-0.39, 0.29) is 13.2 Å². The Morgan fingerprint density at radius 2 is 1.06 bits per heavy atom. The van der Waals surface area contributed by atoms with E-state index in [2.05, 4.69) is 0 Å². The average molecular weight is 451 g/mol. The zero-order chi connectivity index (χ0) is 22.9. The molecule has 1 saturated heterocycles. The van der Waals surface area contributed by atoms with Crippen molar-refractivity contribution in [1.29, 1.82) is 0 Å². The Hall–Kier alpha value is -2.58. The van der Waals surface area contributed by atoms with E-state index in [1.54, 1.807) is 0 Å². The monoisotopic (exact) mass is 450 g/mol. The molecule has 6 nitrogen and oxygen atoms in total. The molecule has 4 rings (SSSR count). The minimum Gasteiger partial charge on any atom is -0.385 e. The van der Waals surface area contributed by atoms with E-state index in [1.807, 2.05) is 91.0 Å². The topological polar surface area (TPSA) is 77.4 Å². The fourth-order valence-electron chi connectivity index (χ4n) is 3.84. The lowest BCUT2D eigenvalue weighted by Crippen LogP contribution is -2.60. The molecule has 1 fully saturated rings. The predicted molar refractivity (Wildman–Crippen MR) is 123 cm³/mol. The molecule has 2 N–H and O–H groups in total. The van der Waals surface area contributed by atoms with E-state index in [9.17, 15) is 10.2 Å². The van der Waals surface area contributed by atoms with Crippen LogP contribution in [0.4, 0.5) is 0 Å². The molecular weight excluding hydrogens is 420 g/mol. The van der Waals surface area contributed by atoms with Crippen molar-refractivity contribution in [2.45, 2.75) is 50.5 Å². The van der Waals surface area contributed by atoms with Crippen molar-refractivity contribution in [3.63, 3.8) is 0 Å². The van der Waals surface area contributed by atoms with Crippen LogP contribution in [0.15, 0.2) is 91.0 Å². The molecule has 0 aliphatic carbocycles. The Morgan fingerprint density at radius 1 is 0.606 bits per heavy atom. The molecule has 174 valence electrons. The number of benzene rings is 3. The summed E-state index contributed by atoms with van der Waals surface area (Å²) >= 11 is 0. The first-order chi connectivity index (χ1) is 16.2. The van der Waals surface area contributed by atoms with Gasteiger partial charge >= 0.3 is 0 Å². The predicted octanol–water partition coefficient (Wildman–Crippen LogP) is 3.45. The molecule has 0 spiro atoms. The van der Waals surface area contributed by atoms with E-state index >= 15 is 0 Å². The third-order valence-electron chi connectivity index (χ3n) is 5.60. The highest BCUT2D eigenvalue weighted by atomic mass is 16.7. The van der Waals surface area contributed by atoms with Crippen molar-refractivity contribution in [2.24, 2.45) is 0 Å². The van der Waals surface area contributed by atoms with E-state index < -0.39 is 30.7 Å². The molecule has 0 bridgehead atoms. The smallest absolute Gasteiger partial charge is 0.184 e. The zero-order valence-corrected chi connectivity index (χ0v) is 18.4. The van der Waals surface area contributed by atoms with Gasteiger partial charge in [0.1, 0.15) is 24.4 Å². The van der Waals surface area contributed by atoms with Gasteiger partial charge in [-0.3, -0.25) is 0 Å². The lowest BCUT2D eigenvalue weighted by atomic mass is 9.98. The molecule has 6 heteroatoms. The first-order valence-corrected chi connectivity index (χ1v) is 11.1. The molecule has 1 heterocycles. The van der Waals surface area contributed by atoms with Gasteiger partial charge in [0.15, 0.2) is 6.29 Å². The fourth-order valence-corrected chi connectivity index (χ4v) is 3.84. The molecule has 0 saturated carbocycles. The summed E-state index contributed by atoms with van der Waals surface area (Å²) in [5.41, 5.74) is 2.99. The third kappa shape index (κ3) is 6.71. The second-order valence-electron chi connectivity index (χ2n) is 8.08. The van der Waals surface area contributed by atoms with Crippen LogP contribution < -0.4 is 0 Å². The summed E-state index contributed by atoms with van der Waals surface area (Å²) in [4.78, 5) is 0. The first kappa shape index (κ1) is 23.6. The Bertz CT molecular complexity index is 937. The van der Waals surface area contributed by atoms with Crippen LogP contribution in [0.3, 0.4) is 0 Å². The summed E-state index contributed by atoms with van der Waals surface area (Å²) < 4.78 is 23.9. The van der Waals surface area contributed by atoms with Gasteiger partial charge in [-0.15, -0.1) is 0 Å². The maximum absolute atomic E-state index is 10.7. The summed E-state index contributed by atoms with van der Waals surface area (Å²) in [5, 5.41) is 21.1. The molecule has 0 radical (unpaired) electrons. The summed E-state index contributed by atoms with van der Waals surface area (Å²) in [7, 11) is 0. The lowest BCUT2D eigenvalue weighted by molar-refractivity contribution is -0.307. The van der Waals surface area contributed by atoms with Crippen LogP contribution >= 0.6 is 0 Å². The highest BCUT2D eigenvalue weighted by Gasteiger charge is 2.46. The van der Waals surface area contributed by atoms with Gasteiger partial charge in [-0.2, -0.15) is 0 Å². The Kier molecular flexibility index (Phi) is 8.60. The van der Waals surface area contributed by atoms with Crippen molar-refractivity contribution in [3.8, 4) is 0 Å². The van der Waals surface area contributed by atoms with Crippen LogP contribution in [-0.4, -0.2) is 47.5 Å². The van der Waals surface area contributed by atoms with Crippen molar-refractivity contribution in [2.75, 3.05) is 6.61 Å². The highest BCUT2D eigenvalue weighted by molar-refractivity contribution is 5.15. The van der Waals surface area contributed by atoms with Crippen molar-refractivity contribution < 1.29 is 29.2 Å². The van der Waals surface area contributed by atoms with Crippen LogP contribution in [-0.2, 0) is 38.8 Å². The fraction of sp³-hybridized carbons (Fsp3) is 0.333. The molecule has 5 atom stereocenters.